The van der Waals surface area contributed by atoms with E-state index in [1.54, 1.807) is 13.3 Å². The monoisotopic (exact) mass is 342 g/mol. The van der Waals surface area contributed by atoms with Crippen molar-refractivity contribution in [1.29, 1.82) is 0 Å². The molecular formula is C20H26N2O3. The normalized spacial score (nSPS) is 32.7. The van der Waals surface area contributed by atoms with Gasteiger partial charge < -0.3 is 14.9 Å². The lowest BCUT2D eigenvalue weighted by Gasteiger charge is -2.55. The van der Waals surface area contributed by atoms with E-state index in [1.165, 1.54) is 0 Å². The Hall–Kier alpha value is -1.69. The number of aliphatic hydroxyl groups is 2. The number of methoxy groups -OCH3 is 1. The van der Waals surface area contributed by atoms with Crippen molar-refractivity contribution >= 4 is 10.9 Å². The molecule has 1 unspecified atom stereocenters. The fourth-order valence-corrected chi connectivity index (χ4v) is 4.68. The molecule has 0 radical (unpaired) electrons. The Balaban J connectivity index is 1.68. The van der Waals surface area contributed by atoms with Crippen LogP contribution in [0, 0.1) is 5.92 Å². The molecule has 134 valence electrons. The van der Waals surface area contributed by atoms with Crippen LogP contribution in [-0.4, -0.2) is 51.9 Å². The zero-order chi connectivity index (χ0) is 17.6. The Labute approximate surface area is 148 Å². The van der Waals surface area contributed by atoms with Gasteiger partial charge in [0.1, 0.15) is 5.75 Å². The second kappa shape index (κ2) is 6.24. The van der Waals surface area contributed by atoms with Crippen LogP contribution in [0.2, 0.25) is 0 Å². The zero-order valence-electron chi connectivity index (χ0n) is 14.9. The van der Waals surface area contributed by atoms with E-state index < -0.39 is 11.7 Å². The number of hydrogen-bond donors (Lipinski definition) is 2. The third-order valence-corrected chi connectivity index (χ3v) is 6.27. The molecule has 0 spiro atoms. The Bertz CT molecular complexity index is 781. The van der Waals surface area contributed by atoms with Gasteiger partial charge in [-0.3, -0.25) is 9.88 Å². The number of aliphatic hydroxyl groups excluding tert-OH is 1. The summed E-state index contributed by atoms with van der Waals surface area (Å²) in [4.78, 5) is 6.67. The Morgan fingerprint density at radius 1 is 1.40 bits per heavy atom. The first-order chi connectivity index (χ1) is 12.1. The Kier molecular flexibility index (Phi) is 4.18. The molecule has 5 atom stereocenters. The Morgan fingerprint density at radius 2 is 2.24 bits per heavy atom. The van der Waals surface area contributed by atoms with Gasteiger partial charge in [-0.2, -0.15) is 0 Å². The van der Waals surface area contributed by atoms with Gasteiger partial charge in [0.05, 0.1) is 24.3 Å². The Morgan fingerprint density at radius 3 is 2.92 bits per heavy atom. The fraction of sp³-hybridized carbons (Fsp3) is 0.550. The molecule has 2 bridgehead atoms. The average Bonchev–Trinajstić information content (AvgIpc) is 2.66. The second-order valence-corrected chi connectivity index (χ2v) is 7.44. The summed E-state index contributed by atoms with van der Waals surface area (Å²) in [6.07, 6.45) is 3.78. The fourth-order valence-electron chi connectivity index (χ4n) is 4.68. The first-order valence-electron chi connectivity index (χ1n) is 9.13. The van der Waals surface area contributed by atoms with Gasteiger partial charge in [-0.05, 0) is 61.6 Å². The molecule has 0 amide bonds. The van der Waals surface area contributed by atoms with Crippen molar-refractivity contribution in [1.82, 2.24) is 9.88 Å². The molecule has 5 nitrogen and oxygen atoms in total. The highest BCUT2D eigenvalue weighted by Gasteiger charge is 2.50. The van der Waals surface area contributed by atoms with Crippen molar-refractivity contribution in [3.8, 4) is 5.75 Å². The largest absolute Gasteiger partial charge is 0.497 e. The van der Waals surface area contributed by atoms with Crippen LogP contribution >= 0.6 is 0 Å². The van der Waals surface area contributed by atoms with E-state index in [1.807, 2.05) is 24.3 Å². The van der Waals surface area contributed by atoms with Crippen LogP contribution in [0.3, 0.4) is 0 Å². The molecule has 3 fully saturated rings. The predicted molar refractivity (Wildman–Crippen MR) is 96.6 cm³/mol. The summed E-state index contributed by atoms with van der Waals surface area (Å²) in [5.41, 5.74) is 1.15. The van der Waals surface area contributed by atoms with Gasteiger partial charge in [0.2, 0.25) is 0 Å². The standard InChI is InChI=1S/C20H26N2O3/c1-3-20(24)12-22-9-7-13(20)10-18(22)19(23)15-6-8-21-17-5-4-14(25-2)11-16(15)17/h4-6,8,11,13,18-19,23-24H,3,7,9-10,12H2,1-2H3/t13-,18-,19+,20+/m1/s1. The van der Waals surface area contributed by atoms with E-state index in [-0.39, 0.29) is 12.0 Å². The van der Waals surface area contributed by atoms with Gasteiger partial charge in [0.15, 0.2) is 0 Å². The molecule has 3 saturated heterocycles. The number of ether oxygens (including phenoxy) is 1. The molecule has 0 aliphatic carbocycles. The maximum Gasteiger partial charge on any atom is 0.119 e. The van der Waals surface area contributed by atoms with Crippen molar-refractivity contribution in [2.45, 2.75) is 43.9 Å². The van der Waals surface area contributed by atoms with Crippen molar-refractivity contribution in [2.75, 3.05) is 20.2 Å². The van der Waals surface area contributed by atoms with Gasteiger partial charge in [-0.25, -0.2) is 0 Å². The molecule has 1 aromatic heterocycles. The van der Waals surface area contributed by atoms with Crippen LogP contribution in [0.5, 0.6) is 5.75 Å². The molecule has 3 aliphatic heterocycles. The number of hydrogen-bond acceptors (Lipinski definition) is 5. The zero-order valence-corrected chi connectivity index (χ0v) is 14.9. The van der Waals surface area contributed by atoms with Crippen LogP contribution in [0.4, 0.5) is 0 Å². The van der Waals surface area contributed by atoms with Crippen LogP contribution in [0.15, 0.2) is 30.5 Å². The van der Waals surface area contributed by atoms with E-state index in [0.29, 0.717) is 6.54 Å². The number of pyridine rings is 1. The lowest BCUT2D eigenvalue weighted by molar-refractivity contribution is -0.153. The van der Waals surface area contributed by atoms with E-state index in [9.17, 15) is 10.2 Å². The lowest BCUT2D eigenvalue weighted by Crippen LogP contribution is -2.63. The average molecular weight is 342 g/mol. The second-order valence-electron chi connectivity index (χ2n) is 7.44. The van der Waals surface area contributed by atoms with Gasteiger partial charge in [-0.1, -0.05) is 6.92 Å². The van der Waals surface area contributed by atoms with Crippen LogP contribution in [0.1, 0.15) is 37.9 Å². The van der Waals surface area contributed by atoms with Crippen molar-refractivity contribution in [2.24, 2.45) is 5.92 Å². The number of nitrogens with zero attached hydrogens (tertiary/aromatic N) is 2. The van der Waals surface area contributed by atoms with Crippen LogP contribution in [-0.2, 0) is 0 Å². The number of rotatable bonds is 4. The third kappa shape index (κ3) is 2.71. The first kappa shape index (κ1) is 16.8. The smallest absolute Gasteiger partial charge is 0.119 e. The molecule has 2 N–H and O–H groups in total. The van der Waals surface area contributed by atoms with E-state index in [4.69, 9.17) is 4.74 Å². The minimum absolute atomic E-state index is 0.0439. The predicted octanol–water partition coefficient (Wildman–Crippen LogP) is 2.51. The summed E-state index contributed by atoms with van der Waals surface area (Å²) in [6, 6.07) is 7.70. The number of aromatic nitrogens is 1. The molecule has 4 heterocycles. The molecular weight excluding hydrogens is 316 g/mol. The van der Waals surface area contributed by atoms with Crippen molar-refractivity contribution in [3.63, 3.8) is 0 Å². The topological polar surface area (TPSA) is 65.8 Å². The molecule has 1 aromatic carbocycles. The third-order valence-electron chi connectivity index (χ3n) is 6.27. The molecule has 5 heteroatoms. The molecule has 3 aliphatic rings. The summed E-state index contributed by atoms with van der Waals surface area (Å²) >= 11 is 0. The quantitative estimate of drug-likeness (QED) is 0.894. The number of benzene rings is 1. The van der Waals surface area contributed by atoms with Crippen molar-refractivity contribution in [3.05, 3.63) is 36.0 Å². The summed E-state index contributed by atoms with van der Waals surface area (Å²) in [5, 5.41) is 22.9. The van der Waals surface area contributed by atoms with Crippen molar-refractivity contribution < 1.29 is 14.9 Å². The van der Waals surface area contributed by atoms with Crippen LogP contribution in [0.25, 0.3) is 10.9 Å². The van der Waals surface area contributed by atoms with E-state index in [0.717, 1.165) is 48.0 Å². The summed E-state index contributed by atoms with van der Waals surface area (Å²) in [7, 11) is 1.64. The van der Waals surface area contributed by atoms with E-state index >= 15 is 0 Å². The number of fused-ring (bicyclic) bond motifs is 4. The van der Waals surface area contributed by atoms with Gasteiger partial charge in [0.25, 0.3) is 0 Å². The van der Waals surface area contributed by atoms with Gasteiger partial charge in [-0.15, -0.1) is 0 Å². The summed E-state index contributed by atoms with van der Waals surface area (Å²) in [5.74, 6) is 1.03. The minimum atomic E-state index is -0.599. The van der Waals surface area contributed by atoms with Gasteiger partial charge in [0, 0.05) is 24.2 Å². The molecule has 25 heavy (non-hydrogen) atoms. The molecule has 0 saturated carbocycles. The van der Waals surface area contributed by atoms with E-state index in [2.05, 4.69) is 16.8 Å². The first-order valence-corrected chi connectivity index (χ1v) is 9.13. The van der Waals surface area contributed by atoms with Crippen LogP contribution < -0.4 is 4.74 Å². The minimum Gasteiger partial charge on any atom is -0.497 e. The highest BCUT2D eigenvalue weighted by molar-refractivity contribution is 5.83. The summed E-state index contributed by atoms with van der Waals surface area (Å²) < 4.78 is 5.34. The summed E-state index contributed by atoms with van der Waals surface area (Å²) in [6.45, 7) is 3.65. The lowest BCUT2D eigenvalue weighted by atomic mass is 9.69. The molecule has 2 aromatic rings. The maximum atomic E-state index is 11.2. The van der Waals surface area contributed by atoms with Gasteiger partial charge >= 0.3 is 0 Å². The number of piperidine rings is 3. The SMILES string of the molecule is CC[C@]1(O)CN2CC[C@@H]1C[C@@H]2[C@@H](O)c1ccnc2ccc(OC)cc12. The highest BCUT2D eigenvalue weighted by atomic mass is 16.5. The highest BCUT2D eigenvalue weighted by Crippen LogP contribution is 2.44. The maximum absolute atomic E-state index is 11.2. The molecule has 5 rings (SSSR count).